The molecule has 2 saturated carbocycles. The van der Waals surface area contributed by atoms with Crippen LogP contribution in [0.25, 0.3) is 0 Å². The third-order valence-corrected chi connectivity index (χ3v) is 7.80. The maximum absolute atomic E-state index is 12.8. The first-order valence-electron chi connectivity index (χ1n) is 11.0. The summed E-state index contributed by atoms with van der Waals surface area (Å²) in [4.78, 5) is 23.2. The van der Waals surface area contributed by atoms with Gasteiger partial charge in [-0.25, -0.2) is 13.1 Å². The summed E-state index contributed by atoms with van der Waals surface area (Å²) in [6, 6.07) is 3.05. The Morgan fingerprint density at radius 2 is 1.74 bits per heavy atom. The Morgan fingerprint density at radius 3 is 2.35 bits per heavy atom. The molecule has 0 radical (unpaired) electrons. The lowest BCUT2D eigenvalue weighted by Gasteiger charge is -2.26. The van der Waals surface area contributed by atoms with Gasteiger partial charge in [-0.05, 0) is 63.5 Å². The fourth-order valence-corrected chi connectivity index (χ4v) is 5.64. The first kappa shape index (κ1) is 23.5. The van der Waals surface area contributed by atoms with Crippen LogP contribution < -0.4 is 15.4 Å². The number of sulfonamides is 1. The van der Waals surface area contributed by atoms with Crippen LogP contribution in [0.4, 0.5) is 11.4 Å². The second-order valence-electron chi connectivity index (χ2n) is 8.87. The third-order valence-electron chi connectivity index (χ3n) is 6.28. The average molecular weight is 453 g/mol. The molecule has 0 aliphatic heterocycles. The van der Waals surface area contributed by atoms with Gasteiger partial charge in [0.1, 0.15) is 11.7 Å². The predicted molar refractivity (Wildman–Crippen MR) is 118 cm³/mol. The van der Waals surface area contributed by atoms with E-state index in [9.17, 15) is 23.3 Å². The van der Waals surface area contributed by atoms with Gasteiger partial charge in [0, 0.05) is 18.2 Å². The highest BCUT2D eigenvalue weighted by molar-refractivity contribution is 7.89. The van der Waals surface area contributed by atoms with Crippen LogP contribution >= 0.6 is 0 Å². The Balaban J connectivity index is 1.71. The SMILES string of the molecule is CC1CCC(NS(=O)(=O)c2ccc(N[C@H](C)C(=O)NC3CCCC3)c([N+](=O)[O-])c2)CC1. The zero-order chi connectivity index (χ0) is 22.6. The van der Waals surface area contributed by atoms with Crippen molar-refractivity contribution in [3.63, 3.8) is 0 Å². The molecule has 3 N–H and O–H groups in total. The standard InChI is InChI=1S/C21H32N4O5S/c1-14-7-9-17(10-8-14)24-31(29,30)18-11-12-19(20(13-18)25(27)28)22-15(2)21(26)23-16-5-3-4-6-16/h11-17,22,24H,3-10H2,1-2H3,(H,23,26)/t14?,15-,17?/m1/s1. The van der Waals surface area contributed by atoms with Crippen molar-refractivity contribution in [1.82, 2.24) is 10.0 Å². The monoisotopic (exact) mass is 452 g/mol. The number of carbonyl (C=O) groups is 1. The van der Waals surface area contributed by atoms with E-state index in [-0.39, 0.29) is 34.3 Å². The van der Waals surface area contributed by atoms with Gasteiger partial charge < -0.3 is 10.6 Å². The molecule has 1 amide bonds. The van der Waals surface area contributed by atoms with Crippen LogP contribution in [-0.4, -0.2) is 37.4 Å². The van der Waals surface area contributed by atoms with Gasteiger partial charge in [-0.2, -0.15) is 0 Å². The Labute approximate surface area is 183 Å². The van der Waals surface area contributed by atoms with Gasteiger partial charge in [0.2, 0.25) is 15.9 Å². The number of hydrogen-bond acceptors (Lipinski definition) is 6. The normalized spacial score (nSPS) is 23.3. The van der Waals surface area contributed by atoms with Crippen molar-refractivity contribution in [3.8, 4) is 0 Å². The van der Waals surface area contributed by atoms with E-state index in [1.54, 1.807) is 6.92 Å². The molecule has 2 aliphatic rings. The number of nitrogens with zero attached hydrogens (tertiary/aromatic N) is 1. The number of rotatable bonds is 8. The topological polar surface area (TPSA) is 130 Å². The summed E-state index contributed by atoms with van der Waals surface area (Å²) in [6.45, 7) is 3.78. The first-order valence-corrected chi connectivity index (χ1v) is 12.5. The van der Waals surface area contributed by atoms with Crippen LogP contribution in [0, 0.1) is 16.0 Å². The first-order chi connectivity index (χ1) is 14.7. The summed E-state index contributed by atoms with van der Waals surface area (Å²) in [5, 5.41) is 17.4. The number of nitrogens with one attached hydrogen (secondary N) is 3. The number of benzene rings is 1. The van der Waals surface area contributed by atoms with Crippen LogP contribution in [-0.2, 0) is 14.8 Å². The van der Waals surface area contributed by atoms with E-state index in [1.807, 2.05) is 0 Å². The van der Waals surface area contributed by atoms with E-state index in [0.717, 1.165) is 57.4 Å². The second-order valence-corrected chi connectivity index (χ2v) is 10.6. The molecule has 0 spiro atoms. The summed E-state index contributed by atoms with van der Waals surface area (Å²) in [6.07, 6.45) is 7.49. The molecule has 0 saturated heterocycles. The number of carbonyl (C=O) groups excluding carboxylic acids is 1. The molecule has 3 rings (SSSR count). The average Bonchev–Trinajstić information content (AvgIpc) is 3.22. The molecular weight excluding hydrogens is 420 g/mol. The van der Waals surface area contributed by atoms with Crippen LogP contribution in [0.15, 0.2) is 23.1 Å². The number of amides is 1. The molecule has 0 unspecified atom stereocenters. The van der Waals surface area contributed by atoms with Gasteiger partial charge >= 0.3 is 0 Å². The zero-order valence-electron chi connectivity index (χ0n) is 18.1. The lowest BCUT2D eigenvalue weighted by atomic mass is 9.88. The van der Waals surface area contributed by atoms with Crippen molar-refractivity contribution in [3.05, 3.63) is 28.3 Å². The largest absolute Gasteiger partial charge is 0.368 e. The lowest BCUT2D eigenvalue weighted by Crippen LogP contribution is -2.42. The summed E-state index contributed by atoms with van der Waals surface area (Å²) in [7, 11) is -3.87. The lowest BCUT2D eigenvalue weighted by molar-refractivity contribution is -0.384. The number of nitro benzene ring substituents is 1. The summed E-state index contributed by atoms with van der Waals surface area (Å²) < 4.78 is 28.2. The van der Waals surface area contributed by atoms with Gasteiger partial charge in [0.05, 0.1) is 9.82 Å². The highest BCUT2D eigenvalue weighted by Gasteiger charge is 2.28. The molecule has 1 aromatic rings. The Bertz CT molecular complexity index is 906. The second kappa shape index (κ2) is 9.95. The summed E-state index contributed by atoms with van der Waals surface area (Å²) in [5.74, 6) is 0.353. The predicted octanol–water partition coefficient (Wildman–Crippen LogP) is 3.31. The number of nitro groups is 1. The quantitative estimate of drug-likeness (QED) is 0.410. The van der Waals surface area contributed by atoms with Gasteiger partial charge in [-0.15, -0.1) is 0 Å². The molecule has 9 nitrogen and oxygen atoms in total. The third kappa shape index (κ3) is 6.16. The fourth-order valence-electron chi connectivity index (χ4n) is 4.31. The van der Waals surface area contributed by atoms with Crippen molar-refractivity contribution in [1.29, 1.82) is 0 Å². The van der Waals surface area contributed by atoms with Crippen LogP contribution in [0.5, 0.6) is 0 Å². The summed E-state index contributed by atoms with van der Waals surface area (Å²) in [5.41, 5.74) is -0.259. The van der Waals surface area contributed by atoms with Gasteiger partial charge in [0.25, 0.3) is 5.69 Å². The van der Waals surface area contributed by atoms with Crippen molar-refractivity contribution in [2.75, 3.05) is 5.32 Å². The van der Waals surface area contributed by atoms with E-state index >= 15 is 0 Å². The minimum Gasteiger partial charge on any atom is -0.368 e. The molecular formula is C21H32N4O5S. The Morgan fingerprint density at radius 1 is 1.10 bits per heavy atom. The number of anilines is 1. The van der Waals surface area contributed by atoms with E-state index in [4.69, 9.17) is 0 Å². The molecule has 0 aromatic heterocycles. The van der Waals surface area contributed by atoms with E-state index < -0.39 is 21.0 Å². The van der Waals surface area contributed by atoms with E-state index in [1.165, 1.54) is 12.1 Å². The Hall–Kier alpha value is -2.20. The molecule has 10 heteroatoms. The van der Waals surface area contributed by atoms with Crippen molar-refractivity contribution in [2.24, 2.45) is 5.92 Å². The molecule has 0 bridgehead atoms. The van der Waals surface area contributed by atoms with Gasteiger partial charge in [0.15, 0.2) is 0 Å². The molecule has 0 heterocycles. The zero-order valence-corrected chi connectivity index (χ0v) is 18.9. The maximum Gasteiger partial charge on any atom is 0.293 e. The van der Waals surface area contributed by atoms with Crippen LogP contribution in [0.2, 0.25) is 0 Å². The molecule has 2 fully saturated rings. The van der Waals surface area contributed by atoms with Crippen LogP contribution in [0.1, 0.15) is 65.2 Å². The van der Waals surface area contributed by atoms with Crippen molar-refractivity contribution in [2.45, 2.75) is 88.2 Å². The molecule has 31 heavy (non-hydrogen) atoms. The smallest absolute Gasteiger partial charge is 0.293 e. The molecule has 2 aliphatic carbocycles. The molecule has 172 valence electrons. The van der Waals surface area contributed by atoms with E-state index in [0.29, 0.717) is 5.92 Å². The van der Waals surface area contributed by atoms with Crippen LogP contribution in [0.3, 0.4) is 0 Å². The highest BCUT2D eigenvalue weighted by atomic mass is 32.2. The highest BCUT2D eigenvalue weighted by Crippen LogP contribution is 2.30. The van der Waals surface area contributed by atoms with Gasteiger partial charge in [-0.3, -0.25) is 14.9 Å². The van der Waals surface area contributed by atoms with Crippen molar-refractivity contribution >= 4 is 27.3 Å². The molecule has 1 atom stereocenters. The van der Waals surface area contributed by atoms with Gasteiger partial charge in [-0.1, -0.05) is 19.8 Å². The summed E-state index contributed by atoms with van der Waals surface area (Å²) >= 11 is 0. The fraction of sp³-hybridized carbons (Fsp3) is 0.667. The minimum atomic E-state index is -3.87. The minimum absolute atomic E-state index is 0.115. The van der Waals surface area contributed by atoms with Crippen molar-refractivity contribution < 1.29 is 18.1 Å². The van der Waals surface area contributed by atoms with E-state index in [2.05, 4.69) is 22.3 Å². The molecule has 1 aromatic carbocycles. The number of hydrogen-bond donors (Lipinski definition) is 3. The maximum atomic E-state index is 12.8. The Kier molecular flexibility index (Phi) is 7.53.